The Labute approximate surface area is 118 Å². The minimum absolute atomic E-state index is 0.00690. The highest BCUT2D eigenvalue weighted by Crippen LogP contribution is 2.36. The molecule has 1 heterocycles. The number of halogens is 2. The van der Waals surface area contributed by atoms with E-state index in [1.54, 1.807) is 6.07 Å². The smallest absolute Gasteiger partial charge is 0.172 e. The fourth-order valence-corrected chi connectivity index (χ4v) is 2.34. The van der Waals surface area contributed by atoms with Crippen molar-refractivity contribution in [3.8, 4) is 0 Å². The summed E-state index contributed by atoms with van der Waals surface area (Å²) in [5.41, 5.74) is -0.122. The maximum Gasteiger partial charge on any atom is 0.172 e. The van der Waals surface area contributed by atoms with Crippen molar-refractivity contribution in [3.63, 3.8) is 0 Å². The third-order valence-corrected chi connectivity index (χ3v) is 3.35. The molecule has 0 aliphatic rings. The second kappa shape index (κ2) is 5.52. The molecule has 110 valence electrons. The molecule has 0 amide bonds. The van der Waals surface area contributed by atoms with E-state index in [1.807, 2.05) is 0 Å². The van der Waals surface area contributed by atoms with Crippen LogP contribution in [0.3, 0.4) is 0 Å². The molecule has 0 radical (unpaired) electrons. The highest BCUT2D eigenvalue weighted by atomic mass is 19.1. The number of nitrogens with one attached hydrogen (secondary N) is 1. The quantitative estimate of drug-likeness (QED) is 0.871. The van der Waals surface area contributed by atoms with E-state index in [2.05, 4.69) is 33.0 Å². The maximum atomic E-state index is 13.7. The van der Waals surface area contributed by atoms with Gasteiger partial charge in [0.15, 0.2) is 11.4 Å². The third kappa shape index (κ3) is 2.85. The number of rotatable bonds is 4. The number of benzene rings is 1. The molecule has 0 saturated heterocycles. The molecule has 0 saturated carbocycles. The first kappa shape index (κ1) is 15.0. The normalized spacial score (nSPS) is 13.9. The lowest BCUT2D eigenvalue weighted by atomic mass is 9.85. The second-order valence-electron chi connectivity index (χ2n) is 6.17. The molecule has 1 atom stereocenters. The van der Waals surface area contributed by atoms with Gasteiger partial charge in [-0.3, -0.25) is 0 Å². The van der Waals surface area contributed by atoms with Crippen LogP contribution in [-0.2, 0) is 0 Å². The SMILES string of the molecule is CCCNC(c1cc2c(F)ccc(F)c2o1)C(C)(C)C. The van der Waals surface area contributed by atoms with Gasteiger partial charge in [-0.2, -0.15) is 0 Å². The molecular weight excluding hydrogens is 260 g/mol. The van der Waals surface area contributed by atoms with Crippen LogP contribution in [0.2, 0.25) is 0 Å². The first-order chi connectivity index (χ1) is 9.34. The van der Waals surface area contributed by atoms with E-state index in [4.69, 9.17) is 4.42 Å². The van der Waals surface area contributed by atoms with Gasteiger partial charge < -0.3 is 9.73 Å². The van der Waals surface area contributed by atoms with Crippen LogP contribution in [0.1, 0.15) is 45.9 Å². The van der Waals surface area contributed by atoms with Crippen LogP contribution >= 0.6 is 0 Å². The summed E-state index contributed by atoms with van der Waals surface area (Å²) in [6.45, 7) is 9.11. The first-order valence-electron chi connectivity index (χ1n) is 6.95. The summed E-state index contributed by atoms with van der Waals surface area (Å²) >= 11 is 0. The molecule has 0 aliphatic carbocycles. The lowest BCUT2D eigenvalue weighted by molar-refractivity contribution is 0.241. The maximum absolute atomic E-state index is 13.7. The van der Waals surface area contributed by atoms with E-state index in [9.17, 15) is 8.78 Å². The van der Waals surface area contributed by atoms with Gasteiger partial charge in [-0.15, -0.1) is 0 Å². The molecule has 0 aliphatic heterocycles. The largest absolute Gasteiger partial charge is 0.456 e. The van der Waals surface area contributed by atoms with Crippen molar-refractivity contribution in [2.45, 2.75) is 40.2 Å². The van der Waals surface area contributed by atoms with Crippen LogP contribution in [-0.4, -0.2) is 6.54 Å². The highest BCUT2D eigenvalue weighted by molar-refractivity contribution is 5.79. The van der Waals surface area contributed by atoms with Crippen molar-refractivity contribution in [1.82, 2.24) is 5.32 Å². The molecule has 1 N–H and O–H groups in total. The van der Waals surface area contributed by atoms with Gasteiger partial charge in [0.25, 0.3) is 0 Å². The molecular formula is C16H21F2NO. The molecule has 4 heteroatoms. The number of hydrogen-bond acceptors (Lipinski definition) is 2. The van der Waals surface area contributed by atoms with Crippen LogP contribution in [0, 0.1) is 17.0 Å². The summed E-state index contributed by atoms with van der Waals surface area (Å²) < 4.78 is 33.0. The monoisotopic (exact) mass is 281 g/mol. The molecule has 2 aromatic rings. The number of hydrogen-bond donors (Lipinski definition) is 1. The van der Waals surface area contributed by atoms with Gasteiger partial charge in [-0.05, 0) is 36.6 Å². The van der Waals surface area contributed by atoms with Gasteiger partial charge in [-0.1, -0.05) is 27.7 Å². The molecule has 2 nitrogen and oxygen atoms in total. The van der Waals surface area contributed by atoms with Crippen molar-refractivity contribution >= 4 is 11.0 Å². The zero-order valence-corrected chi connectivity index (χ0v) is 12.4. The van der Waals surface area contributed by atoms with Crippen LogP contribution in [0.25, 0.3) is 11.0 Å². The fraction of sp³-hybridized carbons (Fsp3) is 0.500. The van der Waals surface area contributed by atoms with Crippen LogP contribution in [0.4, 0.5) is 8.78 Å². The summed E-state index contributed by atoms with van der Waals surface area (Å²) in [6.07, 6.45) is 0.982. The Hall–Kier alpha value is -1.42. The predicted octanol–water partition coefficient (Wildman–Crippen LogP) is 4.80. The van der Waals surface area contributed by atoms with Gasteiger partial charge >= 0.3 is 0 Å². The van der Waals surface area contributed by atoms with Gasteiger partial charge in [-0.25, -0.2) is 8.78 Å². The summed E-state index contributed by atoms with van der Waals surface area (Å²) in [7, 11) is 0. The van der Waals surface area contributed by atoms with E-state index in [0.29, 0.717) is 5.76 Å². The fourth-order valence-electron chi connectivity index (χ4n) is 2.34. The van der Waals surface area contributed by atoms with E-state index in [0.717, 1.165) is 25.1 Å². The van der Waals surface area contributed by atoms with E-state index in [1.165, 1.54) is 0 Å². The summed E-state index contributed by atoms with van der Waals surface area (Å²) in [4.78, 5) is 0. The van der Waals surface area contributed by atoms with Crippen molar-refractivity contribution in [3.05, 3.63) is 35.6 Å². The van der Waals surface area contributed by atoms with Crippen LogP contribution < -0.4 is 5.32 Å². The van der Waals surface area contributed by atoms with E-state index in [-0.39, 0.29) is 22.4 Å². The number of furan rings is 1. The molecule has 20 heavy (non-hydrogen) atoms. The van der Waals surface area contributed by atoms with Gasteiger partial charge in [0.2, 0.25) is 0 Å². The first-order valence-corrected chi connectivity index (χ1v) is 6.95. The Morgan fingerprint density at radius 2 is 1.85 bits per heavy atom. The molecule has 1 aromatic carbocycles. The highest BCUT2D eigenvalue weighted by Gasteiger charge is 2.29. The molecule has 1 unspecified atom stereocenters. The molecule has 0 bridgehead atoms. The van der Waals surface area contributed by atoms with Crippen molar-refractivity contribution in [2.24, 2.45) is 5.41 Å². The minimum Gasteiger partial charge on any atom is -0.456 e. The molecule has 1 aromatic heterocycles. The Kier molecular flexibility index (Phi) is 4.14. The third-order valence-electron chi connectivity index (χ3n) is 3.35. The Morgan fingerprint density at radius 1 is 1.20 bits per heavy atom. The average Bonchev–Trinajstić information content (AvgIpc) is 2.79. The molecule has 0 fully saturated rings. The van der Waals surface area contributed by atoms with E-state index >= 15 is 0 Å². The lowest BCUT2D eigenvalue weighted by Crippen LogP contribution is -2.32. The van der Waals surface area contributed by atoms with Crippen molar-refractivity contribution in [2.75, 3.05) is 6.54 Å². The van der Waals surface area contributed by atoms with Gasteiger partial charge in [0.1, 0.15) is 11.6 Å². The second-order valence-corrected chi connectivity index (χ2v) is 6.17. The van der Waals surface area contributed by atoms with Gasteiger partial charge in [0, 0.05) is 0 Å². The zero-order valence-electron chi connectivity index (χ0n) is 12.4. The molecule has 0 spiro atoms. The zero-order chi connectivity index (χ0) is 14.9. The number of fused-ring (bicyclic) bond motifs is 1. The molecule has 2 rings (SSSR count). The summed E-state index contributed by atoms with van der Waals surface area (Å²) in [5, 5.41) is 3.59. The topological polar surface area (TPSA) is 25.2 Å². The van der Waals surface area contributed by atoms with Crippen molar-refractivity contribution in [1.29, 1.82) is 0 Å². The Bertz CT molecular complexity index is 559. The van der Waals surface area contributed by atoms with Crippen LogP contribution in [0.15, 0.2) is 22.6 Å². The Morgan fingerprint density at radius 3 is 2.40 bits per heavy atom. The predicted molar refractivity (Wildman–Crippen MR) is 76.6 cm³/mol. The van der Waals surface area contributed by atoms with E-state index < -0.39 is 11.6 Å². The minimum atomic E-state index is -0.532. The van der Waals surface area contributed by atoms with Gasteiger partial charge in [0.05, 0.1) is 11.4 Å². The lowest BCUT2D eigenvalue weighted by Gasteiger charge is -2.29. The summed E-state index contributed by atoms with van der Waals surface area (Å²) in [5.74, 6) is -0.416. The van der Waals surface area contributed by atoms with Crippen LogP contribution in [0.5, 0.6) is 0 Å². The standard InChI is InChI=1S/C16H21F2NO/c1-5-8-19-15(16(2,3)4)13-9-10-11(17)6-7-12(18)14(10)20-13/h6-7,9,15,19H,5,8H2,1-4H3. The Balaban J connectivity index is 2.49. The average molecular weight is 281 g/mol. The van der Waals surface area contributed by atoms with Crippen molar-refractivity contribution < 1.29 is 13.2 Å². The summed E-state index contributed by atoms with van der Waals surface area (Å²) in [6, 6.07) is 3.74.